The Morgan fingerprint density at radius 1 is 1.37 bits per heavy atom. The van der Waals surface area contributed by atoms with Gasteiger partial charge in [-0.3, -0.25) is 0 Å². The van der Waals surface area contributed by atoms with Crippen LogP contribution in [0.15, 0.2) is 24.3 Å². The summed E-state index contributed by atoms with van der Waals surface area (Å²) < 4.78 is 37.9. The largest absolute Gasteiger partial charge is 0.416 e. The molecule has 0 aromatic heterocycles. The molecule has 1 aromatic carbocycles. The maximum Gasteiger partial charge on any atom is 0.416 e. The maximum absolute atomic E-state index is 12.6. The first-order valence-corrected chi connectivity index (χ1v) is 6.85. The average molecular weight is 271 g/mol. The van der Waals surface area contributed by atoms with E-state index >= 15 is 0 Å². The van der Waals surface area contributed by atoms with Gasteiger partial charge in [-0.05, 0) is 43.4 Å². The van der Waals surface area contributed by atoms with Gasteiger partial charge in [0.25, 0.3) is 0 Å². The standard InChI is InChI=1S/C15H20F3N/c1-3-5-12-9-14(12)19-10(2)11-6-4-7-13(8-11)15(16,17)18/h4,6-8,10,12,14,19H,3,5,9H2,1-2H3. The lowest BCUT2D eigenvalue weighted by molar-refractivity contribution is -0.137. The van der Waals surface area contributed by atoms with Crippen LogP contribution in [0.2, 0.25) is 0 Å². The summed E-state index contributed by atoms with van der Waals surface area (Å²) in [7, 11) is 0. The van der Waals surface area contributed by atoms with Crippen LogP contribution >= 0.6 is 0 Å². The van der Waals surface area contributed by atoms with E-state index in [1.807, 2.05) is 6.92 Å². The van der Waals surface area contributed by atoms with E-state index in [0.29, 0.717) is 17.5 Å². The van der Waals surface area contributed by atoms with Crippen molar-refractivity contribution in [3.63, 3.8) is 0 Å². The van der Waals surface area contributed by atoms with Gasteiger partial charge in [0, 0.05) is 12.1 Å². The summed E-state index contributed by atoms with van der Waals surface area (Å²) in [5.41, 5.74) is 0.136. The zero-order valence-corrected chi connectivity index (χ0v) is 11.3. The summed E-state index contributed by atoms with van der Waals surface area (Å²) in [5.74, 6) is 0.707. The van der Waals surface area contributed by atoms with Crippen molar-refractivity contribution in [3.05, 3.63) is 35.4 Å². The van der Waals surface area contributed by atoms with Gasteiger partial charge in [0.15, 0.2) is 0 Å². The van der Waals surface area contributed by atoms with Gasteiger partial charge >= 0.3 is 6.18 Å². The predicted molar refractivity (Wildman–Crippen MR) is 69.8 cm³/mol. The molecule has 1 fully saturated rings. The highest BCUT2D eigenvalue weighted by molar-refractivity contribution is 5.28. The van der Waals surface area contributed by atoms with Crippen LogP contribution in [0.25, 0.3) is 0 Å². The minimum atomic E-state index is -4.26. The molecule has 4 heteroatoms. The van der Waals surface area contributed by atoms with Crippen LogP contribution in [0.5, 0.6) is 0 Å². The summed E-state index contributed by atoms with van der Waals surface area (Å²) in [4.78, 5) is 0. The first-order chi connectivity index (χ1) is 8.91. The fourth-order valence-electron chi connectivity index (χ4n) is 2.54. The van der Waals surface area contributed by atoms with E-state index in [-0.39, 0.29) is 6.04 Å². The molecule has 1 saturated carbocycles. The first-order valence-electron chi connectivity index (χ1n) is 6.85. The molecule has 1 nitrogen and oxygen atoms in total. The summed E-state index contributed by atoms with van der Waals surface area (Å²) >= 11 is 0. The van der Waals surface area contributed by atoms with Crippen LogP contribution in [0, 0.1) is 5.92 Å². The Balaban J connectivity index is 1.98. The third-order valence-electron chi connectivity index (χ3n) is 3.76. The highest BCUT2D eigenvalue weighted by Gasteiger charge is 2.37. The van der Waals surface area contributed by atoms with Gasteiger partial charge in [0.05, 0.1) is 5.56 Å². The molecule has 2 rings (SSSR count). The molecule has 1 N–H and O–H groups in total. The maximum atomic E-state index is 12.6. The first kappa shape index (κ1) is 14.4. The normalized spacial score (nSPS) is 24.3. The molecule has 0 amide bonds. The van der Waals surface area contributed by atoms with Crippen molar-refractivity contribution in [3.8, 4) is 0 Å². The zero-order chi connectivity index (χ0) is 14.0. The Labute approximate surface area is 112 Å². The van der Waals surface area contributed by atoms with Crippen LogP contribution in [0.3, 0.4) is 0 Å². The van der Waals surface area contributed by atoms with E-state index in [9.17, 15) is 13.2 Å². The summed E-state index contributed by atoms with van der Waals surface area (Å²) in [6.07, 6.45) is -0.745. The highest BCUT2D eigenvalue weighted by atomic mass is 19.4. The van der Waals surface area contributed by atoms with Gasteiger partial charge < -0.3 is 5.32 Å². The van der Waals surface area contributed by atoms with Crippen LogP contribution in [-0.4, -0.2) is 6.04 Å². The summed E-state index contributed by atoms with van der Waals surface area (Å²) in [5, 5.41) is 3.42. The second kappa shape index (κ2) is 5.53. The third kappa shape index (κ3) is 3.72. The molecule has 106 valence electrons. The topological polar surface area (TPSA) is 12.0 Å². The Morgan fingerprint density at radius 3 is 2.74 bits per heavy atom. The lowest BCUT2D eigenvalue weighted by Gasteiger charge is -2.16. The molecule has 3 unspecified atom stereocenters. The second-order valence-corrected chi connectivity index (χ2v) is 5.40. The number of rotatable bonds is 5. The molecule has 1 aliphatic carbocycles. The molecule has 3 atom stereocenters. The third-order valence-corrected chi connectivity index (χ3v) is 3.76. The van der Waals surface area contributed by atoms with E-state index < -0.39 is 11.7 Å². The van der Waals surface area contributed by atoms with E-state index in [0.717, 1.165) is 12.5 Å². The zero-order valence-electron chi connectivity index (χ0n) is 11.3. The molecule has 19 heavy (non-hydrogen) atoms. The Morgan fingerprint density at radius 2 is 2.11 bits per heavy atom. The molecule has 1 aliphatic rings. The van der Waals surface area contributed by atoms with Crippen molar-refractivity contribution in [1.82, 2.24) is 5.32 Å². The number of hydrogen-bond acceptors (Lipinski definition) is 1. The fourth-order valence-corrected chi connectivity index (χ4v) is 2.54. The number of alkyl halides is 3. The number of nitrogens with one attached hydrogen (secondary N) is 1. The van der Waals surface area contributed by atoms with Gasteiger partial charge in [-0.25, -0.2) is 0 Å². The van der Waals surface area contributed by atoms with Crippen molar-refractivity contribution in [1.29, 1.82) is 0 Å². The SMILES string of the molecule is CCCC1CC1NC(C)c1cccc(C(F)(F)F)c1. The van der Waals surface area contributed by atoms with E-state index in [4.69, 9.17) is 0 Å². The quantitative estimate of drug-likeness (QED) is 0.828. The van der Waals surface area contributed by atoms with Gasteiger partial charge in [-0.2, -0.15) is 13.2 Å². The van der Waals surface area contributed by atoms with Gasteiger partial charge in [-0.15, -0.1) is 0 Å². The number of benzene rings is 1. The van der Waals surface area contributed by atoms with Crippen molar-refractivity contribution in [2.75, 3.05) is 0 Å². The molecule has 0 bridgehead atoms. The highest BCUT2D eigenvalue weighted by Crippen LogP contribution is 2.37. The van der Waals surface area contributed by atoms with Crippen LogP contribution in [0.4, 0.5) is 13.2 Å². The molecule has 1 aromatic rings. The summed E-state index contributed by atoms with van der Waals surface area (Å²) in [6, 6.07) is 6.04. The Hall–Kier alpha value is -1.03. The van der Waals surface area contributed by atoms with Crippen molar-refractivity contribution < 1.29 is 13.2 Å². The Bertz CT molecular complexity index is 428. The Kier molecular flexibility index (Phi) is 4.19. The van der Waals surface area contributed by atoms with Gasteiger partial charge in [-0.1, -0.05) is 25.5 Å². The lowest BCUT2D eigenvalue weighted by Crippen LogP contribution is -2.22. The molecule has 0 saturated heterocycles. The molecule has 0 aliphatic heterocycles. The summed E-state index contributed by atoms with van der Waals surface area (Å²) in [6.45, 7) is 4.09. The molecular weight excluding hydrogens is 251 g/mol. The van der Waals surface area contributed by atoms with E-state index in [1.54, 1.807) is 6.07 Å². The molecule has 0 heterocycles. The smallest absolute Gasteiger partial charge is 0.307 e. The molecule has 0 radical (unpaired) electrons. The molecular formula is C15H20F3N. The van der Waals surface area contributed by atoms with Crippen LogP contribution < -0.4 is 5.32 Å². The number of halogens is 3. The van der Waals surface area contributed by atoms with Gasteiger partial charge in [0.2, 0.25) is 0 Å². The van der Waals surface area contributed by atoms with Crippen LogP contribution in [0.1, 0.15) is 50.3 Å². The average Bonchev–Trinajstić information content (AvgIpc) is 3.07. The molecule has 0 spiro atoms. The second-order valence-electron chi connectivity index (χ2n) is 5.40. The fraction of sp³-hybridized carbons (Fsp3) is 0.600. The lowest BCUT2D eigenvalue weighted by atomic mass is 10.0. The monoisotopic (exact) mass is 271 g/mol. The number of hydrogen-bond donors (Lipinski definition) is 1. The van der Waals surface area contributed by atoms with Gasteiger partial charge in [0.1, 0.15) is 0 Å². The minimum Gasteiger partial charge on any atom is -0.307 e. The van der Waals surface area contributed by atoms with Crippen molar-refractivity contribution in [2.24, 2.45) is 5.92 Å². The van der Waals surface area contributed by atoms with E-state index in [1.165, 1.54) is 25.0 Å². The van der Waals surface area contributed by atoms with Crippen LogP contribution in [-0.2, 0) is 6.18 Å². The predicted octanol–water partition coefficient (Wildman–Crippen LogP) is 4.54. The van der Waals surface area contributed by atoms with Crippen molar-refractivity contribution in [2.45, 2.75) is 51.4 Å². The van der Waals surface area contributed by atoms with Crippen molar-refractivity contribution >= 4 is 0 Å². The minimum absolute atomic E-state index is 0.0332. The van der Waals surface area contributed by atoms with E-state index in [2.05, 4.69) is 12.2 Å².